The topological polar surface area (TPSA) is 64.4 Å². The first-order valence-electron chi connectivity index (χ1n) is 10.1. The molecule has 6 heteroatoms. The molecule has 3 aromatic carbocycles. The molecule has 0 unspecified atom stereocenters. The number of ether oxygens (including phenoxy) is 1. The summed E-state index contributed by atoms with van der Waals surface area (Å²) in [5.74, 6) is 1.10. The number of carbonyl (C=O) groups is 1. The normalized spacial score (nSPS) is 12.0. The smallest absolute Gasteiger partial charge is 0.259 e. The molecule has 31 heavy (non-hydrogen) atoms. The van der Waals surface area contributed by atoms with Gasteiger partial charge >= 0.3 is 0 Å². The van der Waals surface area contributed by atoms with Gasteiger partial charge in [-0.2, -0.15) is 0 Å². The van der Waals surface area contributed by atoms with Crippen LogP contribution >= 0.6 is 11.6 Å². The van der Waals surface area contributed by atoms with E-state index in [9.17, 15) is 4.79 Å². The van der Waals surface area contributed by atoms with Crippen molar-refractivity contribution in [3.63, 3.8) is 0 Å². The molecule has 4 rings (SSSR count). The number of anilines is 1. The molecule has 0 aliphatic rings. The van der Waals surface area contributed by atoms with E-state index in [1.165, 1.54) is 12.7 Å². The van der Waals surface area contributed by atoms with Crippen LogP contribution < -0.4 is 10.1 Å². The molecule has 1 amide bonds. The Bertz CT molecular complexity index is 1250. The van der Waals surface area contributed by atoms with E-state index in [1.54, 1.807) is 30.3 Å². The molecule has 1 N–H and O–H groups in total. The Kier molecular flexibility index (Phi) is 5.96. The monoisotopic (exact) mass is 434 g/mol. The molecule has 5 nitrogen and oxygen atoms in total. The van der Waals surface area contributed by atoms with Gasteiger partial charge in [0.2, 0.25) is 5.89 Å². The van der Waals surface area contributed by atoms with Crippen LogP contribution in [0.1, 0.15) is 42.1 Å². The molecule has 1 aromatic heterocycles. The summed E-state index contributed by atoms with van der Waals surface area (Å²) in [5, 5.41) is 3.28. The van der Waals surface area contributed by atoms with Crippen molar-refractivity contribution in [1.29, 1.82) is 0 Å². The summed E-state index contributed by atoms with van der Waals surface area (Å²) < 4.78 is 11.2. The maximum atomic E-state index is 12.8. The molecular weight excluding hydrogens is 412 g/mol. The van der Waals surface area contributed by atoms with Crippen LogP contribution in [0.2, 0.25) is 5.02 Å². The van der Waals surface area contributed by atoms with Crippen molar-refractivity contribution in [3.05, 3.63) is 76.8 Å². The molecule has 0 spiro atoms. The van der Waals surface area contributed by atoms with Gasteiger partial charge in [0.25, 0.3) is 5.91 Å². The minimum atomic E-state index is -0.313. The third kappa shape index (κ3) is 4.28. The second-order valence-corrected chi connectivity index (χ2v) is 7.81. The van der Waals surface area contributed by atoms with Crippen LogP contribution in [0.15, 0.2) is 65.1 Å². The Labute approximate surface area is 186 Å². The average Bonchev–Trinajstić information content (AvgIpc) is 3.23. The molecule has 1 atom stereocenters. The molecule has 1 heterocycles. The zero-order chi connectivity index (χ0) is 22.0. The van der Waals surface area contributed by atoms with E-state index in [4.69, 9.17) is 20.8 Å². The molecular formula is C25H23ClN2O3. The summed E-state index contributed by atoms with van der Waals surface area (Å²) >= 11 is 6.34. The maximum absolute atomic E-state index is 12.8. The molecule has 0 saturated heterocycles. The number of nitrogens with one attached hydrogen (secondary N) is 1. The first-order chi connectivity index (χ1) is 15.0. The number of amides is 1. The Hall–Kier alpha value is -3.31. The Morgan fingerprint density at radius 2 is 1.97 bits per heavy atom. The van der Waals surface area contributed by atoms with Gasteiger partial charge in [-0.25, -0.2) is 4.98 Å². The van der Waals surface area contributed by atoms with E-state index in [-0.39, 0.29) is 5.91 Å². The van der Waals surface area contributed by atoms with Crippen molar-refractivity contribution in [2.24, 2.45) is 0 Å². The van der Waals surface area contributed by atoms with Gasteiger partial charge in [0.1, 0.15) is 11.3 Å². The largest absolute Gasteiger partial charge is 0.496 e. The number of para-hydroxylation sites is 1. The number of aromatic nitrogens is 1. The standard InChI is InChI=1S/C25H23ClN2O3/c1-4-15(2)16-10-12-23-21(13-16)28-25(31-23)17-9-11-19(26)20(14-17)27-24(29)18-7-5-6-8-22(18)30-3/h5-15H,4H2,1-3H3,(H,27,29)/t15-/m0/s1. The zero-order valence-corrected chi connectivity index (χ0v) is 18.4. The minimum Gasteiger partial charge on any atom is -0.496 e. The van der Waals surface area contributed by atoms with Gasteiger partial charge in [-0.1, -0.05) is 43.6 Å². The van der Waals surface area contributed by atoms with Crippen molar-refractivity contribution < 1.29 is 13.9 Å². The first-order valence-corrected chi connectivity index (χ1v) is 10.5. The van der Waals surface area contributed by atoms with Crippen LogP contribution in [0.5, 0.6) is 5.75 Å². The highest BCUT2D eigenvalue weighted by Crippen LogP contribution is 2.32. The van der Waals surface area contributed by atoms with Crippen LogP contribution in [0, 0.1) is 0 Å². The van der Waals surface area contributed by atoms with Gasteiger partial charge in [0.15, 0.2) is 5.58 Å². The van der Waals surface area contributed by atoms with Crippen molar-refractivity contribution in [2.45, 2.75) is 26.2 Å². The zero-order valence-electron chi connectivity index (χ0n) is 17.6. The summed E-state index contributed by atoms with van der Waals surface area (Å²) in [7, 11) is 1.53. The van der Waals surface area contributed by atoms with E-state index in [0.717, 1.165) is 23.1 Å². The highest BCUT2D eigenvalue weighted by molar-refractivity contribution is 6.34. The summed E-state index contributed by atoms with van der Waals surface area (Å²) in [6.45, 7) is 4.36. The van der Waals surface area contributed by atoms with Crippen LogP contribution in [-0.4, -0.2) is 18.0 Å². The fraction of sp³-hybridized carbons (Fsp3) is 0.200. The number of hydrogen-bond donors (Lipinski definition) is 1. The second kappa shape index (κ2) is 8.82. The molecule has 0 fully saturated rings. The predicted octanol–water partition coefficient (Wildman–Crippen LogP) is 6.92. The van der Waals surface area contributed by atoms with E-state index >= 15 is 0 Å². The van der Waals surface area contributed by atoms with E-state index in [1.807, 2.05) is 18.2 Å². The number of carbonyl (C=O) groups excluding carboxylic acids is 1. The van der Waals surface area contributed by atoms with Gasteiger partial charge in [0, 0.05) is 5.56 Å². The summed E-state index contributed by atoms with van der Waals surface area (Å²) in [4.78, 5) is 17.4. The first kappa shape index (κ1) is 20.9. The summed E-state index contributed by atoms with van der Waals surface area (Å²) in [6, 6.07) is 18.4. The molecule has 158 valence electrons. The quantitative estimate of drug-likeness (QED) is 0.357. The Morgan fingerprint density at radius 3 is 2.74 bits per heavy atom. The van der Waals surface area contributed by atoms with Gasteiger partial charge < -0.3 is 14.5 Å². The number of fused-ring (bicyclic) bond motifs is 1. The lowest BCUT2D eigenvalue weighted by Crippen LogP contribution is -2.13. The highest BCUT2D eigenvalue weighted by atomic mass is 35.5. The number of hydrogen-bond acceptors (Lipinski definition) is 4. The molecule has 0 bridgehead atoms. The maximum Gasteiger partial charge on any atom is 0.259 e. The number of nitrogens with zero attached hydrogens (tertiary/aromatic N) is 1. The lowest BCUT2D eigenvalue weighted by molar-refractivity contribution is 0.102. The Morgan fingerprint density at radius 1 is 1.16 bits per heavy atom. The van der Waals surface area contributed by atoms with Gasteiger partial charge in [0.05, 0.1) is 23.4 Å². The summed E-state index contributed by atoms with van der Waals surface area (Å²) in [5.41, 5.74) is 4.37. The second-order valence-electron chi connectivity index (χ2n) is 7.40. The number of methoxy groups -OCH3 is 1. The number of oxazole rings is 1. The molecule has 0 radical (unpaired) electrons. The molecule has 0 saturated carbocycles. The fourth-order valence-electron chi connectivity index (χ4n) is 3.39. The van der Waals surface area contributed by atoms with E-state index in [0.29, 0.717) is 33.8 Å². The number of halogens is 1. The van der Waals surface area contributed by atoms with Crippen LogP contribution in [0.4, 0.5) is 5.69 Å². The van der Waals surface area contributed by atoms with Crippen LogP contribution in [0.25, 0.3) is 22.6 Å². The number of rotatable bonds is 6. The highest BCUT2D eigenvalue weighted by Gasteiger charge is 2.16. The lowest BCUT2D eigenvalue weighted by atomic mass is 9.98. The van der Waals surface area contributed by atoms with Crippen LogP contribution in [0.3, 0.4) is 0 Å². The summed E-state index contributed by atoms with van der Waals surface area (Å²) in [6.07, 6.45) is 1.06. The average molecular weight is 435 g/mol. The van der Waals surface area contributed by atoms with Crippen molar-refractivity contribution in [2.75, 3.05) is 12.4 Å². The molecule has 4 aromatic rings. The SMILES string of the molecule is CC[C@H](C)c1ccc2oc(-c3ccc(Cl)c(NC(=O)c4ccccc4OC)c3)nc2c1. The third-order valence-corrected chi connectivity index (χ3v) is 5.74. The Balaban J connectivity index is 1.65. The third-order valence-electron chi connectivity index (χ3n) is 5.41. The van der Waals surface area contributed by atoms with Gasteiger partial charge in [-0.3, -0.25) is 4.79 Å². The van der Waals surface area contributed by atoms with Gasteiger partial charge in [-0.15, -0.1) is 0 Å². The van der Waals surface area contributed by atoms with E-state index < -0.39 is 0 Å². The van der Waals surface area contributed by atoms with Gasteiger partial charge in [-0.05, 0) is 60.4 Å². The van der Waals surface area contributed by atoms with Crippen molar-refractivity contribution in [3.8, 4) is 17.2 Å². The van der Waals surface area contributed by atoms with Crippen molar-refractivity contribution in [1.82, 2.24) is 4.98 Å². The predicted molar refractivity (Wildman–Crippen MR) is 124 cm³/mol. The lowest BCUT2D eigenvalue weighted by Gasteiger charge is -2.11. The van der Waals surface area contributed by atoms with Crippen molar-refractivity contribution >= 4 is 34.3 Å². The minimum absolute atomic E-state index is 0.313. The van der Waals surface area contributed by atoms with Crippen LogP contribution in [-0.2, 0) is 0 Å². The van der Waals surface area contributed by atoms with E-state index in [2.05, 4.69) is 36.3 Å². The molecule has 0 aliphatic carbocycles. The molecule has 0 aliphatic heterocycles. The number of benzene rings is 3. The fourth-order valence-corrected chi connectivity index (χ4v) is 3.55.